The van der Waals surface area contributed by atoms with Gasteiger partial charge in [0.1, 0.15) is 17.5 Å². The maximum absolute atomic E-state index is 14.3. The van der Waals surface area contributed by atoms with Crippen molar-refractivity contribution in [1.82, 2.24) is 14.8 Å². The second-order valence-electron chi connectivity index (χ2n) is 8.32. The number of carbonyl (C=O) groups excluding carboxylic acids is 2. The van der Waals surface area contributed by atoms with E-state index in [0.717, 1.165) is 0 Å². The zero-order chi connectivity index (χ0) is 23.8. The first-order valence-corrected chi connectivity index (χ1v) is 11.8. The highest BCUT2D eigenvalue weighted by molar-refractivity contribution is 7.11. The summed E-state index contributed by atoms with van der Waals surface area (Å²) in [5, 5.41) is 2.25. The fourth-order valence-corrected chi connectivity index (χ4v) is 5.19. The molecule has 0 spiro atoms. The zero-order valence-corrected chi connectivity index (χ0v) is 18.9. The Morgan fingerprint density at radius 1 is 1.03 bits per heavy atom. The van der Waals surface area contributed by atoms with E-state index < -0.39 is 17.5 Å². The quantitative estimate of drug-likeness (QED) is 0.563. The van der Waals surface area contributed by atoms with E-state index in [2.05, 4.69) is 9.88 Å². The topological polar surface area (TPSA) is 56.8 Å². The molecule has 0 N–H and O–H groups in total. The molecule has 1 atom stereocenters. The van der Waals surface area contributed by atoms with Gasteiger partial charge >= 0.3 is 0 Å². The first-order valence-electron chi connectivity index (χ1n) is 10.9. The van der Waals surface area contributed by atoms with Crippen molar-refractivity contribution in [2.24, 2.45) is 0 Å². The minimum Gasteiger partial charge on any atom is -0.334 e. The van der Waals surface area contributed by atoms with Gasteiger partial charge in [-0.05, 0) is 17.7 Å². The SMILES string of the molecule is O=C(c1nccs1)N1CCN(C2CC(=O)N(c3cccc(-c4c(F)cc(F)cc4F)c3)C2)CC1. The molecule has 2 aliphatic rings. The maximum Gasteiger partial charge on any atom is 0.282 e. The van der Waals surface area contributed by atoms with Crippen LogP contribution in [0, 0.1) is 17.5 Å². The average Bonchev–Trinajstić information content (AvgIpc) is 3.48. The van der Waals surface area contributed by atoms with E-state index in [1.165, 1.54) is 17.4 Å². The number of hydrogen-bond donors (Lipinski definition) is 0. The number of thiazole rings is 1. The lowest BCUT2D eigenvalue weighted by Gasteiger charge is -2.37. The highest BCUT2D eigenvalue weighted by Gasteiger charge is 2.36. The minimum atomic E-state index is -0.995. The third-order valence-electron chi connectivity index (χ3n) is 6.29. The minimum absolute atomic E-state index is 0.0208. The van der Waals surface area contributed by atoms with Crippen LogP contribution in [0.3, 0.4) is 0 Å². The Bertz CT molecular complexity index is 1210. The molecule has 2 saturated heterocycles. The van der Waals surface area contributed by atoms with Crippen LogP contribution in [0.2, 0.25) is 0 Å². The van der Waals surface area contributed by atoms with Crippen molar-refractivity contribution in [1.29, 1.82) is 0 Å². The molecule has 0 saturated carbocycles. The number of halogens is 3. The van der Waals surface area contributed by atoms with Crippen molar-refractivity contribution in [3.63, 3.8) is 0 Å². The van der Waals surface area contributed by atoms with Gasteiger partial charge in [0.25, 0.3) is 5.91 Å². The lowest BCUT2D eigenvalue weighted by molar-refractivity contribution is -0.117. The van der Waals surface area contributed by atoms with E-state index in [1.807, 2.05) is 0 Å². The molecule has 2 fully saturated rings. The molecule has 3 aromatic rings. The summed E-state index contributed by atoms with van der Waals surface area (Å²) in [6, 6.07) is 7.67. The average molecular weight is 487 g/mol. The smallest absolute Gasteiger partial charge is 0.282 e. The Kier molecular flexibility index (Phi) is 6.09. The molecule has 176 valence electrons. The molecule has 3 heterocycles. The van der Waals surface area contributed by atoms with Crippen LogP contribution in [0.15, 0.2) is 48.0 Å². The fourth-order valence-electron chi connectivity index (χ4n) is 4.58. The van der Waals surface area contributed by atoms with E-state index in [-0.39, 0.29) is 29.0 Å². The Labute approximate surface area is 198 Å². The third kappa shape index (κ3) is 4.30. The number of piperazine rings is 1. The molecule has 6 nitrogen and oxygen atoms in total. The lowest BCUT2D eigenvalue weighted by atomic mass is 10.0. The normalized spacial score (nSPS) is 19.1. The van der Waals surface area contributed by atoms with Crippen LogP contribution in [0.25, 0.3) is 11.1 Å². The molecular formula is C24H21F3N4O2S. The molecule has 1 unspecified atom stereocenters. The van der Waals surface area contributed by atoms with Crippen LogP contribution >= 0.6 is 11.3 Å². The van der Waals surface area contributed by atoms with Crippen molar-refractivity contribution in [2.75, 3.05) is 37.6 Å². The molecule has 0 bridgehead atoms. The molecule has 0 aliphatic carbocycles. The van der Waals surface area contributed by atoms with Crippen LogP contribution in [0.1, 0.15) is 16.2 Å². The number of nitrogens with zero attached hydrogens (tertiary/aromatic N) is 4. The van der Waals surface area contributed by atoms with Gasteiger partial charge in [0.15, 0.2) is 5.01 Å². The Hall–Kier alpha value is -3.24. The molecule has 2 amide bonds. The largest absolute Gasteiger partial charge is 0.334 e. The zero-order valence-electron chi connectivity index (χ0n) is 18.1. The third-order valence-corrected chi connectivity index (χ3v) is 7.05. The molecule has 0 radical (unpaired) electrons. The van der Waals surface area contributed by atoms with Gasteiger partial charge in [-0.1, -0.05) is 12.1 Å². The first kappa shape index (κ1) is 22.5. The Balaban J connectivity index is 1.27. The predicted molar refractivity (Wildman–Crippen MR) is 122 cm³/mol. The van der Waals surface area contributed by atoms with E-state index in [1.54, 1.807) is 39.6 Å². The highest BCUT2D eigenvalue weighted by Crippen LogP contribution is 2.32. The molecule has 2 aliphatic heterocycles. The van der Waals surface area contributed by atoms with E-state index in [0.29, 0.717) is 62.0 Å². The molecule has 10 heteroatoms. The Morgan fingerprint density at radius 3 is 2.44 bits per heavy atom. The number of amides is 2. The lowest BCUT2D eigenvalue weighted by Crippen LogP contribution is -2.52. The van der Waals surface area contributed by atoms with Gasteiger partial charge in [-0.2, -0.15) is 0 Å². The molecule has 1 aromatic heterocycles. The van der Waals surface area contributed by atoms with Gasteiger partial charge in [0.2, 0.25) is 5.91 Å². The summed E-state index contributed by atoms with van der Waals surface area (Å²) in [7, 11) is 0. The summed E-state index contributed by atoms with van der Waals surface area (Å²) in [6.07, 6.45) is 1.94. The number of carbonyl (C=O) groups is 2. The second kappa shape index (κ2) is 9.19. The number of aromatic nitrogens is 1. The van der Waals surface area contributed by atoms with Crippen molar-refractivity contribution in [3.05, 3.63) is 70.4 Å². The molecule has 5 rings (SSSR count). The van der Waals surface area contributed by atoms with Crippen LogP contribution in [0.5, 0.6) is 0 Å². The maximum atomic E-state index is 14.3. The number of anilines is 1. The molecule has 34 heavy (non-hydrogen) atoms. The van der Waals surface area contributed by atoms with Crippen molar-refractivity contribution in [3.8, 4) is 11.1 Å². The number of rotatable bonds is 4. The summed E-state index contributed by atoms with van der Waals surface area (Å²) < 4.78 is 41.8. The highest BCUT2D eigenvalue weighted by atomic mass is 32.1. The van der Waals surface area contributed by atoms with E-state index in [4.69, 9.17) is 0 Å². The van der Waals surface area contributed by atoms with Gasteiger partial charge in [-0.3, -0.25) is 14.5 Å². The van der Waals surface area contributed by atoms with E-state index >= 15 is 0 Å². The predicted octanol–water partition coefficient (Wildman–Crippen LogP) is 3.79. The van der Waals surface area contributed by atoms with Crippen molar-refractivity contribution < 1.29 is 22.8 Å². The number of hydrogen-bond acceptors (Lipinski definition) is 5. The summed E-state index contributed by atoms with van der Waals surface area (Å²) in [5.74, 6) is -3.13. The monoisotopic (exact) mass is 486 g/mol. The van der Waals surface area contributed by atoms with Crippen LogP contribution in [0.4, 0.5) is 18.9 Å². The summed E-state index contributed by atoms with van der Waals surface area (Å²) in [4.78, 5) is 35.0. The summed E-state index contributed by atoms with van der Waals surface area (Å²) >= 11 is 1.32. The van der Waals surface area contributed by atoms with Gasteiger partial charge in [0, 0.05) is 74.6 Å². The van der Waals surface area contributed by atoms with Gasteiger partial charge in [0.05, 0.1) is 5.56 Å². The van der Waals surface area contributed by atoms with Crippen LogP contribution < -0.4 is 4.90 Å². The second-order valence-corrected chi connectivity index (χ2v) is 9.22. The van der Waals surface area contributed by atoms with Crippen molar-refractivity contribution in [2.45, 2.75) is 12.5 Å². The number of benzene rings is 2. The molecule has 2 aromatic carbocycles. The van der Waals surface area contributed by atoms with Crippen LogP contribution in [-0.2, 0) is 4.79 Å². The van der Waals surface area contributed by atoms with Gasteiger partial charge in [-0.25, -0.2) is 18.2 Å². The molecular weight excluding hydrogens is 465 g/mol. The Morgan fingerprint density at radius 2 is 1.76 bits per heavy atom. The van der Waals surface area contributed by atoms with Crippen molar-refractivity contribution >= 4 is 28.8 Å². The van der Waals surface area contributed by atoms with Crippen LogP contribution in [-0.4, -0.2) is 65.4 Å². The first-order chi connectivity index (χ1) is 16.4. The fraction of sp³-hybridized carbons (Fsp3) is 0.292. The van der Waals surface area contributed by atoms with Gasteiger partial charge in [-0.15, -0.1) is 11.3 Å². The standard InChI is InChI=1S/C24H21F3N4O2S/c25-16-11-19(26)22(20(27)12-16)15-2-1-3-17(10-15)31-14-18(13-21(31)32)29-5-7-30(8-6-29)24(33)23-28-4-9-34-23/h1-4,9-12,18H,5-8,13-14H2. The van der Waals surface area contributed by atoms with E-state index in [9.17, 15) is 22.8 Å². The van der Waals surface area contributed by atoms with Gasteiger partial charge < -0.3 is 9.80 Å². The summed E-state index contributed by atoms with van der Waals surface area (Å²) in [5.41, 5.74) is 0.441. The summed E-state index contributed by atoms with van der Waals surface area (Å²) in [6.45, 7) is 2.85.